The highest BCUT2D eigenvalue weighted by atomic mass is 16.5. The van der Waals surface area contributed by atoms with Crippen molar-refractivity contribution in [2.24, 2.45) is 0 Å². The number of carboxylic acids is 4. The summed E-state index contributed by atoms with van der Waals surface area (Å²) < 4.78 is 4.82. The van der Waals surface area contributed by atoms with Gasteiger partial charge in [-0.25, -0.2) is 4.79 Å². The number of carbonyl (C=O) groups is 5. The molecule has 31 heavy (non-hydrogen) atoms. The highest BCUT2D eigenvalue weighted by Crippen LogP contribution is 2.07. The molecule has 0 heterocycles. The highest BCUT2D eigenvalue weighted by molar-refractivity contribution is 5.86. The monoisotopic (exact) mass is 448 g/mol. The first-order valence-corrected chi connectivity index (χ1v) is 9.18. The predicted octanol–water partition coefficient (Wildman–Crippen LogP) is -1.44. The maximum Gasteiger partial charge on any atom is 0.333 e. The van der Waals surface area contributed by atoms with Crippen LogP contribution in [0.25, 0.3) is 0 Å². The topological polar surface area (TPSA) is 202 Å². The lowest BCUT2D eigenvalue weighted by molar-refractivity contribution is -0.152. The van der Waals surface area contributed by atoms with Crippen LogP contribution in [0.2, 0.25) is 0 Å². The Morgan fingerprint density at radius 2 is 1.55 bits per heavy atom. The van der Waals surface area contributed by atoms with Gasteiger partial charge in [0.2, 0.25) is 0 Å². The molecule has 0 aromatic carbocycles. The van der Waals surface area contributed by atoms with E-state index in [1.165, 1.54) is 11.8 Å². The Kier molecular flexibility index (Phi) is 12.7. The highest BCUT2D eigenvalue weighted by Gasteiger charge is 2.30. The summed E-state index contributed by atoms with van der Waals surface area (Å²) in [6, 6.07) is -1.61. The van der Waals surface area contributed by atoms with E-state index in [-0.39, 0.29) is 38.2 Å². The smallest absolute Gasteiger partial charge is 0.333 e. The SMILES string of the molecule is C=C(C)C(=O)OCC(O)CN(CCC(=O)O)CCN(CC(=O)O)C(CC(=O)O)C(=O)O. The van der Waals surface area contributed by atoms with Gasteiger partial charge in [0.05, 0.1) is 19.4 Å². The summed E-state index contributed by atoms with van der Waals surface area (Å²) in [5.41, 5.74) is 0.123. The summed E-state index contributed by atoms with van der Waals surface area (Å²) >= 11 is 0. The molecule has 0 aliphatic heterocycles. The van der Waals surface area contributed by atoms with Crippen LogP contribution in [0.15, 0.2) is 12.2 Å². The van der Waals surface area contributed by atoms with Gasteiger partial charge < -0.3 is 30.3 Å². The fourth-order valence-corrected chi connectivity index (χ4v) is 2.52. The molecule has 0 bridgehead atoms. The molecule has 0 aromatic heterocycles. The summed E-state index contributed by atoms with van der Waals surface area (Å²) in [4.78, 5) is 58.1. The Morgan fingerprint density at radius 1 is 0.935 bits per heavy atom. The molecule has 0 aromatic rings. The summed E-state index contributed by atoms with van der Waals surface area (Å²) in [5.74, 6) is -6.18. The van der Waals surface area contributed by atoms with Gasteiger partial charge in [-0.3, -0.25) is 29.0 Å². The number of nitrogens with zero attached hydrogens (tertiary/aromatic N) is 2. The van der Waals surface area contributed by atoms with E-state index in [0.717, 1.165) is 4.90 Å². The number of carbonyl (C=O) groups excluding carboxylic acids is 1. The normalized spacial score (nSPS) is 12.9. The standard InChI is InChI=1S/C18H28N2O11/c1-11(2)18(30)31-10-12(21)8-19(4-3-14(22)23)5-6-20(9-16(26)27)13(17(28)29)7-15(24)25/h12-13,21H,1,3-10H2,2H3,(H,22,23)(H,24,25)(H,26,27)(H,28,29). The van der Waals surface area contributed by atoms with Crippen LogP contribution < -0.4 is 0 Å². The maximum atomic E-state index is 11.4. The fourth-order valence-electron chi connectivity index (χ4n) is 2.52. The van der Waals surface area contributed by atoms with E-state index in [0.29, 0.717) is 0 Å². The fraction of sp³-hybridized carbons (Fsp3) is 0.611. The van der Waals surface area contributed by atoms with Crippen molar-refractivity contribution in [3.8, 4) is 0 Å². The van der Waals surface area contributed by atoms with Crippen molar-refractivity contribution in [2.75, 3.05) is 39.3 Å². The number of hydrogen-bond donors (Lipinski definition) is 5. The van der Waals surface area contributed by atoms with Gasteiger partial charge in [0.15, 0.2) is 0 Å². The Labute approximate surface area is 178 Å². The second-order valence-electron chi connectivity index (χ2n) is 6.79. The first-order valence-electron chi connectivity index (χ1n) is 9.18. The van der Waals surface area contributed by atoms with Crippen LogP contribution in [0, 0.1) is 0 Å². The molecule has 0 amide bonds. The quantitative estimate of drug-likeness (QED) is 0.128. The molecule has 0 fully saturated rings. The van der Waals surface area contributed by atoms with Crippen LogP contribution >= 0.6 is 0 Å². The largest absolute Gasteiger partial charge is 0.481 e. The van der Waals surface area contributed by atoms with Crippen molar-refractivity contribution in [1.29, 1.82) is 0 Å². The van der Waals surface area contributed by atoms with Crippen LogP contribution in [-0.2, 0) is 28.7 Å². The van der Waals surface area contributed by atoms with E-state index in [4.69, 9.17) is 20.1 Å². The Bertz CT molecular complexity index is 679. The number of aliphatic hydroxyl groups excluding tert-OH is 1. The zero-order valence-electron chi connectivity index (χ0n) is 17.1. The van der Waals surface area contributed by atoms with Crippen LogP contribution in [-0.4, -0.2) is 117 Å². The summed E-state index contributed by atoms with van der Waals surface area (Å²) in [5, 5.41) is 46.2. The predicted molar refractivity (Wildman–Crippen MR) is 103 cm³/mol. The molecule has 176 valence electrons. The van der Waals surface area contributed by atoms with E-state index in [1.807, 2.05) is 0 Å². The van der Waals surface area contributed by atoms with Gasteiger partial charge in [0, 0.05) is 31.8 Å². The molecule has 13 heteroatoms. The Morgan fingerprint density at radius 3 is 2.00 bits per heavy atom. The maximum absolute atomic E-state index is 11.4. The van der Waals surface area contributed by atoms with E-state index < -0.39 is 61.6 Å². The lowest BCUT2D eigenvalue weighted by Gasteiger charge is -2.30. The van der Waals surface area contributed by atoms with Crippen LogP contribution in [0.5, 0.6) is 0 Å². The number of esters is 1. The minimum absolute atomic E-state index is 0.0710. The number of hydrogen-bond acceptors (Lipinski definition) is 9. The van der Waals surface area contributed by atoms with E-state index in [9.17, 15) is 34.2 Å². The zero-order valence-corrected chi connectivity index (χ0v) is 17.1. The minimum Gasteiger partial charge on any atom is -0.481 e. The van der Waals surface area contributed by atoms with Gasteiger partial charge in [0.1, 0.15) is 18.8 Å². The first-order chi connectivity index (χ1) is 14.3. The molecule has 0 aliphatic carbocycles. The van der Waals surface area contributed by atoms with Gasteiger partial charge in [-0.1, -0.05) is 6.58 Å². The van der Waals surface area contributed by atoms with E-state index in [2.05, 4.69) is 6.58 Å². The number of rotatable bonds is 17. The van der Waals surface area contributed by atoms with Gasteiger partial charge in [-0.05, 0) is 6.92 Å². The Hall–Kier alpha value is -3.03. The third-order valence-corrected chi connectivity index (χ3v) is 4.00. The molecule has 0 saturated heterocycles. The molecule has 5 N–H and O–H groups in total. The molecule has 0 saturated carbocycles. The zero-order chi connectivity index (χ0) is 24.1. The number of carboxylic acid groups (broad SMARTS) is 4. The second-order valence-corrected chi connectivity index (χ2v) is 6.79. The molecule has 2 unspecified atom stereocenters. The van der Waals surface area contributed by atoms with Crippen molar-refractivity contribution in [3.05, 3.63) is 12.2 Å². The van der Waals surface area contributed by atoms with Crippen molar-refractivity contribution in [3.63, 3.8) is 0 Å². The van der Waals surface area contributed by atoms with Crippen molar-refractivity contribution < 1.29 is 54.2 Å². The lowest BCUT2D eigenvalue weighted by atomic mass is 10.1. The Balaban J connectivity index is 5.21. The molecule has 0 rings (SSSR count). The summed E-state index contributed by atoms with van der Waals surface area (Å²) in [6.45, 7) is 3.13. The molecule has 13 nitrogen and oxygen atoms in total. The van der Waals surface area contributed by atoms with Crippen molar-refractivity contribution in [1.82, 2.24) is 9.80 Å². The van der Waals surface area contributed by atoms with Crippen molar-refractivity contribution >= 4 is 29.8 Å². The van der Waals surface area contributed by atoms with Gasteiger partial charge >= 0.3 is 29.8 Å². The number of aliphatic carboxylic acids is 4. The minimum atomic E-state index is -1.61. The molecular weight excluding hydrogens is 420 g/mol. The third-order valence-electron chi connectivity index (χ3n) is 4.00. The lowest BCUT2D eigenvalue weighted by Crippen LogP contribution is -2.49. The first kappa shape index (κ1) is 28.0. The van der Waals surface area contributed by atoms with Gasteiger partial charge in [0.25, 0.3) is 0 Å². The molecule has 0 aliphatic rings. The van der Waals surface area contributed by atoms with Crippen LogP contribution in [0.4, 0.5) is 0 Å². The van der Waals surface area contributed by atoms with Crippen molar-refractivity contribution in [2.45, 2.75) is 31.9 Å². The summed E-state index contributed by atoms with van der Waals surface area (Å²) in [7, 11) is 0. The molecule has 2 atom stereocenters. The molecule has 0 radical (unpaired) electrons. The average Bonchev–Trinajstić information content (AvgIpc) is 2.64. The van der Waals surface area contributed by atoms with E-state index >= 15 is 0 Å². The third kappa shape index (κ3) is 13.0. The molecule has 0 spiro atoms. The number of aliphatic hydroxyl groups is 1. The average molecular weight is 448 g/mol. The summed E-state index contributed by atoms with van der Waals surface area (Å²) in [6.07, 6.45) is -2.37. The number of ether oxygens (including phenoxy) is 1. The van der Waals surface area contributed by atoms with Crippen LogP contribution in [0.3, 0.4) is 0 Å². The second kappa shape index (κ2) is 14.1. The van der Waals surface area contributed by atoms with Gasteiger partial charge in [-0.2, -0.15) is 0 Å². The van der Waals surface area contributed by atoms with Gasteiger partial charge in [-0.15, -0.1) is 0 Å². The van der Waals surface area contributed by atoms with Crippen LogP contribution in [0.1, 0.15) is 19.8 Å². The molecular formula is C18H28N2O11. The van der Waals surface area contributed by atoms with E-state index in [1.54, 1.807) is 0 Å².